The van der Waals surface area contributed by atoms with Crippen molar-refractivity contribution in [3.63, 3.8) is 0 Å². The Morgan fingerprint density at radius 1 is 1.03 bits per heavy atom. The first-order valence-corrected chi connectivity index (χ1v) is 11.7. The summed E-state index contributed by atoms with van der Waals surface area (Å²) in [6.07, 6.45) is -2.53. The lowest BCUT2D eigenvalue weighted by Crippen LogP contribution is -2.35. The number of carbonyl (C=O) groups is 1. The molecule has 0 bridgehead atoms. The van der Waals surface area contributed by atoms with E-state index in [1.54, 1.807) is 21.9 Å². The molecule has 0 unspecified atom stereocenters. The summed E-state index contributed by atoms with van der Waals surface area (Å²) in [6, 6.07) is 7.13. The Kier molecular flexibility index (Phi) is 5.89. The lowest BCUT2D eigenvalue weighted by Gasteiger charge is -2.23. The maximum Gasteiger partial charge on any atom is 0.417 e. The molecule has 0 saturated carbocycles. The molecule has 0 radical (unpaired) electrons. The average molecular weight is 469 g/mol. The molecule has 2 aliphatic rings. The SMILES string of the molecule is CC(=O)N1CCc2cc(S(=O)(=O)N3CCCN(c4ccc(C(F)(F)F)cn4)CC3)ccc21. The van der Waals surface area contributed by atoms with Crippen LogP contribution in [0.3, 0.4) is 0 Å². The number of anilines is 2. The van der Waals surface area contributed by atoms with Crippen LogP contribution in [0.1, 0.15) is 24.5 Å². The Hall–Kier alpha value is -2.66. The van der Waals surface area contributed by atoms with E-state index in [1.165, 1.54) is 23.4 Å². The van der Waals surface area contributed by atoms with Gasteiger partial charge in [-0.3, -0.25) is 4.79 Å². The summed E-state index contributed by atoms with van der Waals surface area (Å²) >= 11 is 0. The minimum absolute atomic E-state index is 0.0798. The molecule has 2 aromatic rings. The molecule has 1 saturated heterocycles. The van der Waals surface area contributed by atoms with E-state index in [4.69, 9.17) is 0 Å². The van der Waals surface area contributed by atoms with Crippen molar-refractivity contribution in [3.05, 3.63) is 47.7 Å². The van der Waals surface area contributed by atoms with E-state index in [0.717, 1.165) is 23.5 Å². The quantitative estimate of drug-likeness (QED) is 0.693. The maximum atomic E-state index is 13.2. The van der Waals surface area contributed by atoms with Gasteiger partial charge in [0, 0.05) is 51.5 Å². The third-order valence-electron chi connectivity index (χ3n) is 5.82. The number of sulfonamides is 1. The lowest BCUT2D eigenvalue weighted by atomic mass is 10.2. The monoisotopic (exact) mass is 468 g/mol. The molecular formula is C21H23F3N4O3S. The zero-order chi connectivity index (χ0) is 23.1. The van der Waals surface area contributed by atoms with Gasteiger partial charge >= 0.3 is 6.18 Å². The van der Waals surface area contributed by atoms with Crippen molar-refractivity contribution in [2.45, 2.75) is 30.8 Å². The third-order valence-corrected chi connectivity index (χ3v) is 7.71. The summed E-state index contributed by atoms with van der Waals surface area (Å²) in [5.41, 5.74) is 0.749. The molecule has 172 valence electrons. The van der Waals surface area contributed by atoms with Crippen molar-refractivity contribution in [1.82, 2.24) is 9.29 Å². The molecule has 1 amide bonds. The van der Waals surface area contributed by atoms with E-state index >= 15 is 0 Å². The molecule has 4 rings (SSSR count). The molecule has 2 aliphatic heterocycles. The number of benzene rings is 1. The van der Waals surface area contributed by atoms with E-state index in [2.05, 4.69) is 4.98 Å². The minimum atomic E-state index is -4.45. The smallest absolute Gasteiger partial charge is 0.355 e. The van der Waals surface area contributed by atoms with Crippen LogP contribution >= 0.6 is 0 Å². The van der Waals surface area contributed by atoms with Crippen LogP contribution in [0.15, 0.2) is 41.4 Å². The molecule has 7 nitrogen and oxygen atoms in total. The van der Waals surface area contributed by atoms with Crippen molar-refractivity contribution >= 4 is 27.4 Å². The van der Waals surface area contributed by atoms with Crippen molar-refractivity contribution in [2.75, 3.05) is 42.5 Å². The predicted molar refractivity (Wildman–Crippen MR) is 113 cm³/mol. The van der Waals surface area contributed by atoms with Gasteiger partial charge in [-0.25, -0.2) is 13.4 Å². The fourth-order valence-electron chi connectivity index (χ4n) is 4.12. The summed E-state index contributed by atoms with van der Waals surface area (Å²) in [4.78, 5) is 19.3. The molecule has 1 aromatic carbocycles. The fourth-order valence-corrected chi connectivity index (χ4v) is 5.64. The molecule has 0 N–H and O–H groups in total. The van der Waals surface area contributed by atoms with Gasteiger partial charge in [0.1, 0.15) is 5.82 Å². The van der Waals surface area contributed by atoms with Crippen LogP contribution in [0.25, 0.3) is 0 Å². The zero-order valence-corrected chi connectivity index (χ0v) is 18.3. The van der Waals surface area contributed by atoms with Crippen LogP contribution in [0.4, 0.5) is 24.7 Å². The molecule has 3 heterocycles. The first-order chi connectivity index (χ1) is 15.1. The van der Waals surface area contributed by atoms with Crippen LogP contribution in [0, 0.1) is 0 Å². The first kappa shape index (κ1) is 22.5. The number of fused-ring (bicyclic) bond motifs is 1. The highest BCUT2D eigenvalue weighted by molar-refractivity contribution is 7.89. The molecule has 1 fully saturated rings. The number of aromatic nitrogens is 1. The standard InChI is InChI=1S/C21H23F3N4O3S/c1-15(29)28-10-7-16-13-18(4-5-19(16)28)32(30,31)27-9-2-8-26(11-12-27)20-6-3-17(14-25-20)21(22,23)24/h3-6,13-14H,2,7-12H2,1H3. The van der Waals surface area contributed by atoms with Gasteiger partial charge in [0.2, 0.25) is 15.9 Å². The third kappa shape index (κ3) is 4.31. The second kappa shape index (κ2) is 8.36. The molecular weight excluding hydrogens is 445 g/mol. The Morgan fingerprint density at radius 2 is 1.81 bits per heavy atom. The fraction of sp³-hybridized carbons (Fsp3) is 0.429. The molecule has 32 heavy (non-hydrogen) atoms. The summed E-state index contributed by atoms with van der Waals surface area (Å²) in [7, 11) is -3.74. The Morgan fingerprint density at radius 3 is 2.47 bits per heavy atom. The molecule has 0 spiro atoms. The van der Waals surface area contributed by atoms with Gasteiger partial charge in [-0.15, -0.1) is 0 Å². The average Bonchev–Trinajstić information content (AvgIpc) is 3.01. The summed E-state index contributed by atoms with van der Waals surface area (Å²) in [5.74, 6) is 0.308. The van der Waals surface area contributed by atoms with E-state index < -0.39 is 21.8 Å². The van der Waals surface area contributed by atoms with Gasteiger partial charge in [-0.1, -0.05) is 0 Å². The number of halogens is 3. The van der Waals surface area contributed by atoms with E-state index in [1.807, 2.05) is 0 Å². The van der Waals surface area contributed by atoms with Crippen LogP contribution in [0.2, 0.25) is 0 Å². The highest BCUT2D eigenvalue weighted by atomic mass is 32.2. The van der Waals surface area contributed by atoms with E-state index in [9.17, 15) is 26.4 Å². The first-order valence-electron chi connectivity index (χ1n) is 10.3. The van der Waals surface area contributed by atoms with Crippen LogP contribution in [-0.4, -0.2) is 56.3 Å². The highest BCUT2D eigenvalue weighted by Crippen LogP contribution is 2.32. The second-order valence-corrected chi connectivity index (χ2v) is 9.80. The topological polar surface area (TPSA) is 73.8 Å². The largest absolute Gasteiger partial charge is 0.417 e. The van der Waals surface area contributed by atoms with Crippen molar-refractivity contribution in [2.24, 2.45) is 0 Å². The Bertz CT molecular complexity index is 1120. The summed E-state index contributed by atoms with van der Waals surface area (Å²) in [6.45, 7) is 3.32. The lowest BCUT2D eigenvalue weighted by molar-refractivity contribution is -0.137. The number of nitrogens with zero attached hydrogens (tertiary/aromatic N) is 4. The maximum absolute atomic E-state index is 13.2. The van der Waals surface area contributed by atoms with Gasteiger partial charge < -0.3 is 9.80 Å². The number of hydrogen-bond acceptors (Lipinski definition) is 5. The van der Waals surface area contributed by atoms with E-state index in [0.29, 0.717) is 44.8 Å². The number of rotatable bonds is 3. The van der Waals surface area contributed by atoms with Crippen LogP contribution in [-0.2, 0) is 27.4 Å². The molecule has 0 aliphatic carbocycles. The number of hydrogen-bond donors (Lipinski definition) is 0. The van der Waals surface area contributed by atoms with Gasteiger partial charge in [0.05, 0.1) is 10.5 Å². The second-order valence-electron chi connectivity index (χ2n) is 7.86. The van der Waals surface area contributed by atoms with E-state index in [-0.39, 0.29) is 17.3 Å². The number of amides is 1. The number of pyridine rings is 1. The molecule has 11 heteroatoms. The Balaban J connectivity index is 1.49. The van der Waals surface area contributed by atoms with Crippen LogP contribution in [0.5, 0.6) is 0 Å². The normalized spacial score (nSPS) is 17.9. The number of alkyl halides is 3. The van der Waals surface area contributed by atoms with Crippen LogP contribution < -0.4 is 9.80 Å². The Labute approximate surface area is 184 Å². The number of carbonyl (C=O) groups excluding carboxylic acids is 1. The van der Waals surface area contributed by atoms with Gasteiger partial charge in [0.15, 0.2) is 0 Å². The van der Waals surface area contributed by atoms with Crippen molar-refractivity contribution < 1.29 is 26.4 Å². The van der Waals surface area contributed by atoms with Crippen molar-refractivity contribution in [1.29, 1.82) is 0 Å². The van der Waals surface area contributed by atoms with Crippen molar-refractivity contribution in [3.8, 4) is 0 Å². The molecule has 1 aromatic heterocycles. The van der Waals surface area contributed by atoms with Gasteiger partial charge in [-0.2, -0.15) is 17.5 Å². The zero-order valence-electron chi connectivity index (χ0n) is 17.5. The summed E-state index contributed by atoms with van der Waals surface area (Å²) in [5, 5.41) is 0. The van der Waals surface area contributed by atoms with Gasteiger partial charge in [0.25, 0.3) is 0 Å². The highest BCUT2D eigenvalue weighted by Gasteiger charge is 2.32. The molecule has 0 atom stereocenters. The summed E-state index contributed by atoms with van der Waals surface area (Å²) < 4.78 is 66.2. The van der Waals surface area contributed by atoms with Gasteiger partial charge in [-0.05, 0) is 48.7 Å². The predicted octanol–water partition coefficient (Wildman–Crippen LogP) is 2.91. The minimum Gasteiger partial charge on any atom is -0.355 e.